The van der Waals surface area contributed by atoms with Crippen molar-refractivity contribution >= 4 is 11.7 Å². The minimum atomic E-state index is -0.572. The highest BCUT2D eigenvalue weighted by atomic mass is 19.1. The van der Waals surface area contributed by atoms with E-state index in [-0.39, 0.29) is 30.3 Å². The highest BCUT2D eigenvalue weighted by Gasteiger charge is 2.28. The third-order valence-corrected chi connectivity index (χ3v) is 5.35. The van der Waals surface area contributed by atoms with Gasteiger partial charge >= 0.3 is 0 Å². The lowest BCUT2D eigenvalue weighted by Crippen LogP contribution is -2.35. The average molecular weight is 403 g/mol. The summed E-state index contributed by atoms with van der Waals surface area (Å²) in [5.41, 5.74) is 5.87. The highest BCUT2D eigenvalue weighted by Crippen LogP contribution is 2.29. The monoisotopic (exact) mass is 403 g/mol. The Morgan fingerprint density at radius 1 is 1.13 bits per heavy atom. The molecule has 0 saturated heterocycles. The second kappa shape index (κ2) is 8.06. The number of ketones is 1. The van der Waals surface area contributed by atoms with Gasteiger partial charge in [0, 0.05) is 29.7 Å². The Balaban J connectivity index is 1.62. The van der Waals surface area contributed by atoms with E-state index in [4.69, 9.17) is 0 Å². The maximum atomic E-state index is 13.3. The van der Waals surface area contributed by atoms with Crippen LogP contribution < -0.4 is 5.32 Å². The van der Waals surface area contributed by atoms with Gasteiger partial charge in [-0.3, -0.25) is 14.7 Å². The molecule has 1 aromatic heterocycles. The van der Waals surface area contributed by atoms with Gasteiger partial charge < -0.3 is 5.32 Å². The fourth-order valence-corrected chi connectivity index (χ4v) is 3.67. The number of carbonyl (C=O) groups is 2. The molecule has 1 atom stereocenters. The number of amides is 1. The Bertz CT molecular complexity index is 1150. The zero-order valence-electron chi connectivity index (χ0n) is 16.8. The summed E-state index contributed by atoms with van der Waals surface area (Å²) in [6.07, 6.45) is 2.05. The molecule has 4 rings (SSSR count). The third-order valence-electron chi connectivity index (χ3n) is 5.35. The first-order chi connectivity index (χ1) is 14.4. The first kappa shape index (κ1) is 19.8. The second-order valence-electron chi connectivity index (χ2n) is 7.59. The van der Waals surface area contributed by atoms with Crippen molar-refractivity contribution in [1.82, 2.24) is 15.5 Å². The van der Waals surface area contributed by atoms with E-state index < -0.39 is 6.04 Å². The lowest BCUT2D eigenvalue weighted by molar-refractivity contribution is -0.121. The number of H-pyrrole nitrogens is 1. The van der Waals surface area contributed by atoms with Crippen molar-refractivity contribution in [2.24, 2.45) is 0 Å². The molecule has 3 aromatic rings. The van der Waals surface area contributed by atoms with Crippen molar-refractivity contribution in [1.29, 1.82) is 0 Å². The summed E-state index contributed by atoms with van der Waals surface area (Å²) >= 11 is 0. The fourth-order valence-electron chi connectivity index (χ4n) is 3.67. The Morgan fingerprint density at radius 2 is 1.90 bits per heavy atom. The highest BCUT2D eigenvalue weighted by molar-refractivity contribution is 6.00. The topological polar surface area (TPSA) is 74.8 Å². The van der Waals surface area contributed by atoms with Crippen LogP contribution in [0.5, 0.6) is 0 Å². The van der Waals surface area contributed by atoms with Crippen molar-refractivity contribution in [3.8, 4) is 11.3 Å². The lowest BCUT2D eigenvalue weighted by atomic mass is 9.88. The van der Waals surface area contributed by atoms with Crippen LogP contribution in [-0.2, 0) is 16.0 Å². The molecule has 0 radical (unpaired) electrons. The SMILES string of the molecule is Cc1cc(-c2ccc(C)c(CC(=O)C3=CCC(=O)N[C@H]3c3ccc(F)cc3)c2)n[nH]1. The van der Waals surface area contributed by atoms with E-state index in [9.17, 15) is 14.0 Å². The quantitative estimate of drug-likeness (QED) is 0.673. The number of Topliss-reactive ketones (excluding diaryl/α,β-unsaturated/α-hetero) is 1. The molecule has 0 bridgehead atoms. The standard InChI is InChI=1S/C24H22FN3O2/c1-14-3-4-17(21-11-15(2)27-28-21)12-18(14)13-22(29)20-9-10-23(30)26-24(20)16-5-7-19(25)8-6-16/h3-9,11-12,24H,10,13H2,1-2H3,(H,26,30)(H,27,28)/t24-/m0/s1. The Morgan fingerprint density at radius 3 is 2.60 bits per heavy atom. The van der Waals surface area contributed by atoms with Gasteiger partial charge in [0.15, 0.2) is 5.78 Å². The molecule has 30 heavy (non-hydrogen) atoms. The minimum Gasteiger partial charge on any atom is -0.345 e. The van der Waals surface area contributed by atoms with Crippen molar-refractivity contribution < 1.29 is 14.0 Å². The molecular weight excluding hydrogens is 381 g/mol. The van der Waals surface area contributed by atoms with E-state index in [0.717, 1.165) is 28.1 Å². The summed E-state index contributed by atoms with van der Waals surface area (Å²) in [5.74, 6) is -0.588. The van der Waals surface area contributed by atoms with Gasteiger partial charge in [0.25, 0.3) is 0 Å². The molecule has 152 valence electrons. The number of nitrogens with zero attached hydrogens (tertiary/aromatic N) is 1. The first-order valence-corrected chi connectivity index (χ1v) is 9.80. The largest absolute Gasteiger partial charge is 0.345 e. The first-order valence-electron chi connectivity index (χ1n) is 9.80. The predicted molar refractivity (Wildman–Crippen MR) is 112 cm³/mol. The zero-order chi connectivity index (χ0) is 21.3. The summed E-state index contributed by atoms with van der Waals surface area (Å²) in [4.78, 5) is 25.2. The van der Waals surface area contributed by atoms with Gasteiger partial charge in [0.1, 0.15) is 5.82 Å². The molecule has 0 aliphatic carbocycles. The van der Waals surface area contributed by atoms with E-state index >= 15 is 0 Å². The molecule has 0 unspecified atom stereocenters. The Kier molecular flexibility index (Phi) is 5.31. The zero-order valence-corrected chi connectivity index (χ0v) is 16.8. The molecular formula is C24H22FN3O2. The van der Waals surface area contributed by atoms with E-state index in [1.165, 1.54) is 12.1 Å². The molecule has 0 spiro atoms. The smallest absolute Gasteiger partial charge is 0.224 e. The number of benzene rings is 2. The van der Waals surface area contributed by atoms with Gasteiger partial charge in [-0.05, 0) is 54.8 Å². The average Bonchev–Trinajstić information content (AvgIpc) is 3.16. The van der Waals surface area contributed by atoms with Gasteiger partial charge in [0.05, 0.1) is 11.7 Å². The lowest BCUT2D eigenvalue weighted by Gasteiger charge is -2.25. The summed E-state index contributed by atoms with van der Waals surface area (Å²) in [7, 11) is 0. The van der Waals surface area contributed by atoms with Gasteiger partial charge in [-0.2, -0.15) is 5.10 Å². The predicted octanol–water partition coefficient (Wildman–Crippen LogP) is 4.13. The van der Waals surface area contributed by atoms with Crippen LogP contribution in [0.4, 0.5) is 4.39 Å². The number of hydrogen-bond acceptors (Lipinski definition) is 3. The summed E-state index contributed by atoms with van der Waals surface area (Å²) in [6, 6.07) is 13.2. The minimum absolute atomic E-state index is 0.0669. The number of carbonyl (C=O) groups excluding carboxylic acids is 2. The number of nitrogens with one attached hydrogen (secondary N) is 2. The molecule has 0 saturated carbocycles. The molecule has 6 heteroatoms. The molecule has 2 aromatic carbocycles. The van der Waals surface area contributed by atoms with Gasteiger partial charge in [-0.15, -0.1) is 0 Å². The van der Waals surface area contributed by atoms with E-state index in [2.05, 4.69) is 15.5 Å². The van der Waals surface area contributed by atoms with Crippen molar-refractivity contribution in [2.45, 2.75) is 32.7 Å². The molecule has 1 aliphatic rings. The number of hydrogen-bond donors (Lipinski definition) is 2. The van der Waals surface area contributed by atoms with E-state index in [1.807, 2.05) is 38.1 Å². The van der Waals surface area contributed by atoms with Crippen molar-refractivity contribution in [3.05, 3.63) is 88.4 Å². The van der Waals surface area contributed by atoms with Gasteiger partial charge in [0.2, 0.25) is 5.91 Å². The third kappa shape index (κ3) is 4.08. The van der Waals surface area contributed by atoms with Gasteiger partial charge in [-0.1, -0.05) is 30.3 Å². The maximum absolute atomic E-state index is 13.3. The summed E-state index contributed by atoms with van der Waals surface area (Å²) in [5, 5.41) is 10.1. The maximum Gasteiger partial charge on any atom is 0.224 e. The normalized spacial score (nSPS) is 16.2. The van der Waals surface area contributed by atoms with Crippen LogP contribution >= 0.6 is 0 Å². The molecule has 1 amide bonds. The van der Waals surface area contributed by atoms with Crippen LogP contribution in [-0.4, -0.2) is 21.9 Å². The number of aryl methyl sites for hydroxylation is 2. The van der Waals surface area contributed by atoms with Crippen molar-refractivity contribution in [2.75, 3.05) is 0 Å². The van der Waals surface area contributed by atoms with E-state index in [0.29, 0.717) is 11.1 Å². The second-order valence-corrected chi connectivity index (χ2v) is 7.59. The van der Waals surface area contributed by atoms with Crippen molar-refractivity contribution in [3.63, 3.8) is 0 Å². The number of aromatic nitrogens is 2. The number of rotatable bonds is 5. The fraction of sp³-hybridized carbons (Fsp3) is 0.208. The Labute approximate surface area is 174 Å². The molecule has 0 fully saturated rings. The molecule has 5 nitrogen and oxygen atoms in total. The van der Waals surface area contributed by atoms with Crippen LogP contribution in [0.25, 0.3) is 11.3 Å². The van der Waals surface area contributed by atoms with Crippen LogP contribution in [0.15, 0.2) is 60.2 Å². The van der Waals surface area contributed by atoms with Crippen LogP contribution in [0.3, 0.4) is 0 Å². The molecule has 2 N–H and O–H groups in total. The number of halogens is 1. The van der Waals surface area contributed by atoms with Gasteiger partial charge in [-0.25, -0.2) is 4.39 Å². The number of aromatic amines is 1. The van der Waals surface area contributed by atoms with Crippen LogP contribution in [0.1, 0.15) is 34.8 Å². The van der Waals surface area contributed by atoms with E-state index in [1.54, 1.807) is 18.2 Å². The molecule has 1 aliphatic heterocycles. The Hall–Kier alpha value is -3.54. The summed E-state index contributed by atoms with van der Waals surface area (Å²) < 4.78 is 13.3. The van der Waals surface area contributed by atoms with Crippen LogP contribution in [0.2, 0.25) is 0 Å². The van der Waals surface area contributed by atoms with Crippen LogP contribution in [0, 0.1) is 19.7 Å². The summed E-state index contributed by atoms with van der Waals surface area (Å²) in [6.45, 7) is 3.91. The molecule has 2 heterocycles.